The number of benzene rings is 2. The van der Waals surface area contributed by atoms with Crippen LogP contribution in [-0.4, -0.2) is 51.8 Å². The van der Waals surface area contributed by atoms with Crippen molar-refractivity contribution in [1.82, 2.24) is 14.9 Å². The molecule has 3 aromatic rings. The van der Waals surface area contributed by atoms with Crippen molar-refractivity contribution in [3.05, 3.63) is 60.4 Å². The summed E-state index contributed by atoms with van der Waals surface area (Å²) in [5.74, 6) is -1.66. The molecule has 2 amide bonds. The smallest absolute Gasteiger partial charge is 0.319 e. The maximum atomic E-state index is 13.8. The number of ether oxygens (including phenoxy) is 2. The Kier molecular flexibility index (Phi) is 4.61. The number of rotatable bonds is 3. The molecular formula is C20H18F2N4O4. The predicted octanol–water partition coefficient (Wildman–Crippen LogP) is 2.16. The average Bonchev–Trinajstić information content (AvgIpc) is 3.34. The zero-order chi connectivity index (χ0) is 20.8. The average molecular weight is 416 g/mol. The molecule has 5 atom stereocenters. The summed E-state index contributed by atoms with van der Waals surface area (Å²) in [6.07, 6.45) is -0.731. The van der Waals surface area contributed by atoms with Gasteiger partial charge in [-0.3, -0.25) is 0 Å². The normalized spacial score (nSPS) is 27.9. The lowest BCUT2D eigenvalue weighted by Gasteiger charge is -2.39. The van der Waals surface area contributed by atoms with Gasteiger partial charge in [-0.05, 0) is 24.3 Å². The summed E-state index contributed by atoms with van der Waals surface area (Å²) >= 11 is 0. The molecule has 5 rings (SSSR count). The van der Waals surface area contributed by atoms with Crippen LogP contribution in [0.1, 0.15) is 6.04 Å². The van der Waals surface area contributed by atoms with Crippen molar-refractivity contribution >= 4 is 22.8 Å². The van der Waals surface area contributed by atoms with Crippen LogP contribution in [0.2, 0.25) is 0 Å². The Hall–Kier alpha value is -3.08. The van der Waals surface area contributed by atoms with Crippen LogP contribution in [0.5, 0.6) is 0 Å². The number of carbonyl (C=O) groups is 1. The van der Waals surface area contributed by atoms with E-state index in [2.05, 4.69) is 15.6 Å². The largest absolute Gasteiger partial charge is 0.388 e. The van der Waals surface area contributed by atoms with Crippen LogP contribution >= 0.6 is 0 Å². The van der Waals surface area contributed by atoms with Crippen LogP contribution in [-0.2, 0) is 9.47 Å². The first kappa shape index (κ1) is 18.9. The lowest BCUT2D eigenvalue weighted by atomic mass is 9.96. The van der Waals surface area contributed by atoms with Crippen molar-refractivity contribution in [3.8, 4) is 0 Å². The number of para-hydroxylation sites is 2. The Labute approximate surface area is 169 Å². The third-order valence-electron chi connectivity index (χ3n) is 5.41. The number of imidazole rings is 1. The highest BCUT2D eigenvalue weighted by Crippen LogP contribution is 2.37. The fourth-order valence-corrected chi connectivity index (χ4v) is 3.99. The first-order chi connectivity index (χ1) is 14.5. The summed E-state index contributed by atoms with van der Waals surface area (Å²) in [4.78, 5) is 16.8. The number of hydrogen-bond donors (Lipinski definition) is 3. The van der Waals surface area contributed by atoms with E-state index in [0.29, 0.717) is 6.07 Å². The topological polar surface area (TPSA) is 97.6 Å². The number of nitrogens with zero attached hydrogens (tertiary/aromatic N) is 2. The number of hydrogen-bond acceptors (Lipinski definition) is 5. The lowest BCUT2D eigenvalue weighted by Crippen LogP contribution is -2.59. The van der Waals surface area contributed by atoms with Crippen molar-refractivity contribution in [2.75, 3.05) is 11.9 Å². The maximum absolute atomic E-state index is 13.8. The van der Waals surface area contributed by atoms with Gasteiger partial charge in [0.2, 0.25) is 0 Å². The molecule has 3 heterocycles. The number of anilines is 1. The van der Waals surface area contributed by atoms with Crippen LogP contribution in [0.25, 0.3) is 11.0 Å². The third kappa shape index (κ3) is 3.18. The van der Waals surface area contributed by atoms with Gasteiger partial charge < -0.3 is 29.8 Å². The van der Waals surface area contributed by atoms with Crippen LogP contribution in [0.4, 0.5) is 19.3 Å². The Morgan fingerprint density at radius 2 is 2.07 bits per heavy atom. The van der Waals surface area contributed by atoms with Gasteiger partial charge in [0.05, 0.1) is 35.7 Å². The molecule has 2 bridgehead atoms. The highest BCUT2D eigenvalue weighted by atomic mass is 19.1. The Morgan fingerprint density at radius 1 is 1.23 bits per heavy atom. The Morgan fingerprint density at radius 3 is 2.90 bits per heavy atom. The second-order valence-corrected chi connectivity index (χ2v) is 7.25. The van der Waals surface area contributed by atoms with E-state index in [1.165, 1.54) is 0 Å². The van der Waals surface area contributed by atoms with Gasteiger partial charge in [0, 0.05) is 6.07 Å². The number of halogens is 2. The second kappa shape index (κ2) is 7.31. The van der Waals surface area contributed by atoms with E-state index in [1.54, 1.807) is 10.9 Å². The van der Waals surface area contributed by atoms with E-state index in [0.717, 1.165) is 23.2 Å². The molecule has 0 saturated carbocycles. The van der Waals surface area contributed by atoms with Gasteiger partial charge in [0.25, 0.3) is 0 Å². The molecule has 2 aromatic carbocycles. The first-order valence-electron chi connectivity index (χ1n) is 9.40. The monoisotopic (exact) mass is 416 g/mol. The van der Waals surface area contributed by atoms with E-state index in [4.69, 9.17) is 9.47 Å². The Balaban J connectivity index is 1.38. The summed E-state index contributed by atoms with van der Waals surface area (Å²) in [7, 11) is 0. The van der Waals surface area contributed by atoms with E-state index >= 15 is 0 Å². The summed E-state index contributed by atoms with van der Waals surface area (Å²) in [5.41, 5.74) is 1.35. The lowest BCUT2D eigenvalue weighted by molar-refractivity contribution is -0.162. The molecule has 156 valence electrons. The van der Waals surface area contributed by atoms with Gasteiger partial charge >= 0.3 is 6.03 Å². The fourth-order valence-electron chi connectivity index (χ4n) is 3.99. The van der Waals surface area contributed by atoms with Gasteiger partial charge in [-0.25, -0.2) is 18.6 Å². The van der Waals surface area contributed by atoms with Crippen LogP contribution in [0, 0.1) is 11.6 Å². The quantitative estimate of drug-likeness (QED) is 0.608. The Bertz CT molecular complexity index is 1110. The maximum Gasteiger partial charge on any atom is 0.319 e. The molecular weight excluding hydrogens is 398 g/mol. The van der Waals surface area contributed by atoms with Crippen molar-refractivity contribution in [2.45, 2.75) is 30.6 Å². The van der Waals surface area contributed by atoms with Gasteiger partial charge in [-0.15, -0.1) is 0 Å². The molecule has 3 N–H and O–H groups in total. The summed E-state index contributed by atoms with van der Waals surface area (Å²) in [5, 5.41) is 16.0. The molecule has 10 heteroatoms. The van der Waals surface area contributed by atoms with E-state index in [1.807, 2.05) is 24.3 Å². The van der Waals surface area contributed by atoms with Crippen molar-refractivity contribution in [3.63, 3.8) is 0 Å². The van der Waals surface area contributed by atoms with E-state index in [9.17, 15) is 18.7 Å². The molecule has 8 nitrogen and oxygen atoms in total. The molecule has 30 heavy (non-hydrogen) atoms. The molecule has 2 saturated heterocycles. The van der Waals surface area contributed by atoms with E-state index < -0.39 is 48.2 Å². The number of fused-ring (bicyclic) bond motifs is 3. The second-order valence-electron chi connectivity index (χ2n) is 7.25. The zero-order valence-corrected chi connectivity index (χ0v) is 15.5. The highest BCUT2D eigenvalue weighted by Gasteiger charge is 2.51. The minimum atomic E-state index is -1.06. The van der Waals surface area contributed by atoms with Gasteiger partial charge in [-0.2, -0.15) is 0 Å². The number of amides is 2. The standard InChI is InChI=1S/C20H18F2N4O4/c21-10-5-6-12(11(22)7-10)24-20(28)25-16-15-8-29-19(30-15)17(18(16)27)26-9-23-13-3-1-2-4-14(13)26/h1-7,9,15-19,27H,8H2,(H2,24,25,28). The summed E-state index contributed by atoms with van der Waals surface area (Å²) in [6, 6.07) is 8.02. The minimum absolute atomic E-state index is 0.181. The third-order valence-corrected chi connectivity index (χ3v) is 5.41. The molecule has 0 radical (unpaired) electrons. The SMILES string of the molecule is O=C(Nc1ccc(F)cc1F)NC1C2COC(O2)C(n2cnc3ccccc32)C1O. The molecule has 1 aromatic heterocycles. The van der Waals surface area contributed by atoms with E-state index in [-0.39, 0.29) is 12.3 Å². The van der Waals surface area contributed by atoms with Gasteiger partial charge in [0.1, 0.15) is 29.9 Å². The van der Waals surface area contributed by atoms with Gasteiger partial charge in [0.15, 0.2) is 6.29 Å². The van der Waals surface area contributed by atoms with Gasteiger partial charge in [-0.1, -0.05) is 12.1 Å². The van der Waals surface area contributed by atoms with Crippen molar-refractivity contribution in [1.29, 1.82) is 0 Å². The minimum Gasteiger partial charge on any atom is -0.388 e. The highest BCUT2D eigenvalue weighted by molar-refractivity contribution is 5.89. The van der Waals surface area contributed by atoms with Crippen LogP contribution in [0.3, 0.4) is 0 Å². The summed E-state index contributed by atoms with van der Waals surface area (Å²) in [6.45, 7) is 0.181. The molecule has 0 aliphatic carbocycles. The molecule has 0 spiro atoms. The summed E-state index contributed by atoms with van der Waals surface area (Å²) < 4.78 is 40.2. The van der Waals surface area contributed by atoms with Crippen molar-refractivity contribution in [2.24, 2.45) is 0 Å². The number of nitrogens with one attached hydrogen (secondary N) is 2. The number of aliphatic hydroxyl groups excluding tert-OH is 1. The molecule has 5 unspecified atom stereocenters. The molecule has 2 aliphatic heterocycles. The fraction of sp³-hybridized carbons (Fsp3) is 0.300. The van der Waals surface area contributed by atoms with Crippen LogP contribution < -0.4 is 10.6 Å². The molecule has 2 aliphatic rings. The number of urea groups is 1. The zero-order valence-electron chi connectivity index (χ0n) is 15.5. The number of carbonyl (C=O) groups excluding carboxylic acids is 1. The first-order valence-corrected chi connectivity index (χ1v) is 9.40. The predicted molar refractivity (Wildman–Crippen MR) is 102 cm³/mol. The number of aliphatic hydroxyl groups is 1. The van der Waals surface area contributed by atoms with Crippen molar-refractivity contribution < 1.29 is 28.2 Å². The van der Waals surface area contributed by atoms with Crippen LogP contribution in [0.15, 0.2) is 48.8 Å². The number of aromatic nitrogens is 2. The molecule has 2 fully saturated rings.